The molecule has 1 aliphatic heterocycles. The molecule has 0 bridgehead atoms. The van der Waals surface area contributed by atoms with Gasteiger partial charge in [0.15, 0.2) is 5.11 Å². The Morgan fingerprint density at radius 1 is 1.19 bits per heavy atom. The minimum Gasteiger partial charge on any atom is -0.494 e. The van der Waals surface area contributed by atoms with E-state index in [-0.39, 0.29) is 30.0 Å². The Kier molecular flexibility index (Phi) is 10.2. The summed E-state index contributed by atoms with van der Waals surface area (Å²) in [5.41, 5.74) is 0.420. The van der Waals surface area contributed by atoms with Gasteiger partial charge in [0.25, 0.3) is 5.91 Å². The third-order valence-electron chi connectivity index (χ3n) is 4.86. The Morgan fingerprint density at radius 2 is 1.94 bits per heavy atom. The van der Waals surface area contributed by atoms with Crippen LogP contribution in [0.25, 0.3) is 0 Å². The summed E-state index contributed by atoms with van der Waals surface area (Å²) < 4.78 is 10.6. The zero-order chi connectivity index (χ0) is 22.6. The Hall–Kier alpha value is -2.68. The van der Waals surface area contributed by atoms with Gasteiger partial charge in [0, 0.05) is 18.7 Å². The van der Waals surface area contributed by atoms with Crippen LogP contribution in [-0.2, 0) is 14.3 Å². The van der Waals surface area contributed by atoms with Gasteiger partial charge >= 0.3 is 5.97 Å². The van der Waals surface area contributed by atoms with Gasteiger partial charge < -0.3 is 19.7 Å². The van der Waals surface area contributed by atoms with E-state index in [1.165, 1.54) is 12.8 Å². The molecule has 8 nitrogen and oxygen atoms in total. The van der Waals surface area contributed by atoms with Crippen molar-refractivity contribution in [1.29, 1.82) is 0 Å². The van der Waals surface area contributed by atoms with Crippen LogP contribution in [0.1, 0.15) is 56.3 Å². The maximum Gasteiger partial charge on any atom is 0.308 e. The van der Waals surface area contributed by atoms with Gasteiger partial charge in [-0.05, 0) is 49.8 Å². The Balaban J connectivity index is 1.91. The van der Waals surface area contributed by atoms with Crippen molar-refractivity contribution in [3.05, 3.63) is 29.8 Å². The fraction of sp³-hybridized carbons (Fsp3) is 0.545. The van der Waals surface area contributed by atoms with Gasteiger partial charge in [0.05, 0.1) is 19.6 Å². The minimum atomic E-state index is -0.816. The van der Waals surface area contributed by atoms with Crippen LogP contribution in [-0.4, -0.2) is 60.1 Å². The maximum absolute atomic E-state index is 12.6. The summed E-state index contributed by atoms with van der Waals surface area (Å²) in [5, 5.41) is 5.46. The van der Waals surface area contributed by atoms with Crippen molar-refractivity contribution >= 4 is 35.1 Å². The number of thiocarbonyl (C=S) groups is 1. The molecule has 0 spiro atoms. The van der Waals surface area contributed by atoms with E-state index >= 15 is 0 Å². The standard InChI is InChI=1S/C22H31N3O5S/c1-3-5-6-7-14-30-17-10-8-16(9-11-17)20(27)24-22(31)25-13-12-23-21(28)18(25)15-19(26)29-4-2/h8-11,18H,3-7,12-15H2,1-2H3,(H,23,28)(H,24,27,31). The number of amides is 2. The largest absolute Gasteiger partial charge is 0.494 e. The molecule has 2 N–H and O–H groups in total. The molecule has 0 saturated carbocycles. The molecule has 2 amide bonds. The van der Waals surface area contributed by atoms with Crippen molar-refractivity contribution in [2.45, 2.75) is 52.0 Å². The van der Waals surface area contributed by atoms with Crippen LogP contribution in [0.5, 0.6) is 5.75 Å². The van der Waals surface area contributed by atoms with Crippen LogP contribution in [0.3, 0.4) is 0 Å². The third-order valence-corrected chi connectivity index (χ3v) is 5.20. The fourth-order valence-corrected chi connectivity index (χ4v) is 3.51. The van der Waals surface area contributed by atoms with E-state index in [0.29, 0.717) is 31.0 Å². The molecule has 31 heavy (non-hydrogen) atoms. The van der Waals surface area contributed by atoms with Crippen LogP contribution in [0.4, 0.5) is 0 Å². The lowest BCUT2D eigenvalue weighted by molar-refractivity contribution is -0.147. The number of nitrogens with one attached hydrogen (secondary N) is 2. The van der Waals surface area contributed by atoms with Gasteiger partial charge in [-0.15, -0.1) is 0 Å². The molecule has 0 aromatic heterocycles. The first-order valence-electron chi connectivity index (χ1n) is 10.7. The van der Waals surface area contributed by atoms with Crippen molar-refractivity contribution in [3.63, 3.8) is 0 Å². The van der Waals surface area contributed by atoms with Crippen LogP contribution >= 0.6 is 12.2 Å². The van der Waals surface area contributed by atoms with Crippen molar-refractivity contribution in [2.75, 3.05) is 26.3 Å². The van der Waals surface area contributed by atoms with Crippen LogP contribution in [0, 0.1) is 0 Å². The van der Waals surface area contributed by atoms with Gasteiger partial charge in [-0.3, -0.25) is 19.7 Å². The van der Waals surface area contributed by atoms with Gasteiger partial charge in [-0.1, -0.05) is 26.2 Å². The molecule has 170 valence electrons. The average Bonchev–Trinajstić information content (AvgIpc) is 2.75. The lowest BCUT2D eigenvalue weighted by Crippen LogP contribution is -2.60. The first-order valence-corrected chi connectivity index (χ1v) is 11.1. The monoisotopic (exact) mass is 449 g/mol. The van der Waals surface area contributed by atoms with Gasteiger partial charge in [0.1, 0.15) is 11.8 Å². The summed E-state index contributed by atoms with van der Waals surface area (Å²) in [7, 11) is 0. The number of esters is 1. The topological polar surface area (TPSA) is 97.0 Å². The highest BCUT2D eigenvalue weighted by molar-refractivity contribution is 7.80. The number of hydrogen-bond acceptors (Lipinski definition) is 6. The van der Waals surface area contributed by atoms with Crippen molar-refractivity contribution in [2.24, 2.45) is 0 Å². The number of unbranched alkanes of at least 4 members (excludes halogenated alkanes) is 3. The lowest BCUT2D eigenvalue weighted by atomic mass is 10.1. The number of carbonyl (C=O) groups excluding carboxylic acids is 3. The smallest absolute Gasteiger partial charge is 0.308 e. The average molecular weight is 450 g/mol. The molecule has 1 saturated heterocycles. The molecule has 1 atom stereocenters. The quantitative estimate of drug-likeness (QED) is 0.322. The molecule has 1 fully saturated rings. The SMILES string of the molecule is CCCCCCOc1ccc(C(=O)NC(=S)N2CCNC(=O)C2CC(=O)OCC)cc1. The van der Waals surface area contributed by atoms with Crippen molar-refractivity contribution in [1.82, 2.24) is 15.5 Å². The molecule has 2 rings (SSSR count). The first-order chi connectivity index (χ1) is 15.0. The molecule has 9 heteroatoms. The molecular weight excluding hydrogens is 418 g/mol. The molecular formula is C22H31N3O5S. The molecule has 1 aromatic rings. The highest BCUT2D eigenvalue weighted by atomic mass is 32.1. The molecule has 0 aliphatic carbocycles. The van der Waals surface area contributed by atoms with E-state index in [0.717, 1.165) is 12.8 Å². The summed E-state index contributed by atoms with van der Waals surface area (Å²) in [6.45, 7) is 5.50. The number of nitrogens with zero attached hydrogens (tertiary/aromatic N) is 1. The van der Waals surface area contributed by atoms with E-state index in [1.54, 1.807) is 36.1 Å². The molecule has 1 aliphatic rings. The number of carbonyl (C=O) groups is 3. The summed E-state index contributed by atoms with van der Waals surface area (Å²) in [6, 6.07) is 6.01. The maximum atomic E-state index is 12.6. The number of ether oxygens (including phenoxy) is 2. The van der Waals surface area contributed by atoms with Gasteiger partial charge in [0.2, 0.25) is 5.91 Å². The van der Waals surface area contributed by atoms with E-state index in [9.17, 15) is 14.4 Å². The summed E-state index contributed by atoms with van der Waals surface area (Å²) >= 11 is 5.35. The number of rotatable bonds is 10. The summed E-state index contributed by atoms with van der Waals surface area (Å²) in [5.74, 6) is -0.497. The summed E-state index contributed by atoms with van der Waals surface area (Å²) in [6.07, 6.45) is 4.37. The van der Waals surface area contributed by atoms with E-state index in [4.69, 9.17) is 21.7 Å². The van der Waals surface area contributed by atoms with E-state index in [2.05, 4.69) is 17.6 Å². The van der Waals surface area contributed by atoms with Crippen LogP contribution in [0.2, 0.25) is 0 Å². The second kappa shape index (κ2) is 12.9. The Morgan fingerprint density at radius 3 is 2.61 bits per heavy atom. The molecule has 1 aromatic carbocycles. The number of piperazine rings is 1. The van der Waals surface area contributed by atoms with E-state index in [1.807, 2.05) is 0 Å². The van der Waals surface area contributed by atoms with Crippen molar-refractivity contribution in [3.8, 4) is 5.75 Å². The fourth-order valence-electron chi connectivity index (χ4n) is 3.20. The molecule has 1 heterocycles. The first kappa shape index (κ1) is 24.6. The Bertz CT molecular complexity index is 769. The summed E-state index contributed by atoms with van der Waals surface area (Å²) in [4.78, 5) is 38.2. The molecule has 1 unspecified atom stereocenters. The highest BCUT2D eigenvalue weighted by Crippen LogP contribution is 2.14. The van der Waals surface area contributed by atoms with E-state index < -0.39 is 12.0 Å². The molecule has 0 radical (unpaired) electrons. The normalized spacial score (nSPS) is 15.7. The van der Waals surface area contributed by atoms with Gasteiger partial charge in [-0.25, -0.2) is 0 Å². The number of benzene rings is 1. The zero-order valence-corrected chi connectivity index (χ0v) is 19.0. The second-order valence-corrected chi connectivity index (χ2v) is 7.59. The lowest BCUT2D eigenvalue weighted by Gasteiger charge is -2.36. The number of hydrogen-bond donors (Lipinski definition) is 2. The zero-order valence-electron chi connectivity index (χ0n) is 18.1. The third kappa shape index (κ3) is 7.82. The predicted octanol–water partition coefficient (Wildman–Crippen LogP) is 2.41. The van der Waals surface area contributed by atoms with Crippen LogP contribution in [0.15, 0.2) is 24.3 Å². The Labute approximate surface area is 188 Å². The minimum absolute atomic E-state index is 0.102. The second-order valence-electron chi connectivity index (χ2n) is 7.20. The van der Waals surface area contributed by atoms with Crippen LogP contribution < -0.4 is 15.4 Å². The van der Waals surface area contributed by atoms with Gasteiger partial charge in [-0.2, -0.15) is 0 Å². The highest BCUT2D eigenvalue weighted by Gasteiger charge is 2.34. The van der Waals surface area contributed by atoms with Crippen molar-refractivity contribution < 1.29 is 23.9 Å². The predicted molar refractivity (Wildman–Crippen MR) is 121 cm³/mol.